The van der Waals surface area contributed by atoms with Crippen LogP contribution in [0.1, 0.15) is 31.1 Å². The summed E-state index contributed by atoms with van der Waals surface area (Å²) in [6.07, 6.45) is 0. The summed E-state index contributed by atoms with van der Waals surface area (Å²) >= 11 is 0. The lowest BCUT2D eigenvalue weighted by molar-refractivity contribution is 0.0696. The zero-order chi connectivity index (χ0) is 19.0. The van der Waals surface area contributed by atoms with Gasteiger partial charge in [-0.25, -0.2) is 9.69 Å². The molecule has 0 unspecified atom stereocenters. The molecule has 2 amide bonds. The quantitative estimate of drug-likeness (QED) is 0.713. The van der Waals surface area contributed by atoms with E-state index in [1.165, 1.54) is 12.1 Å². The summed E-state index contributed by atoms with van der Waals surface area (Å²) in [6.45, 7) is 0. The van der Waals surface area contributed by atoms with E-state index < -0.39 is 5.97 Å². The fraction of sp³-hybridized carbons (Fsp3) is 0. The number of imide groups is 1. The fourth-order valence-corrected chi connectivity index (χ4v) is 2.89. The van der Waals surface area contributed by atoms with Crippen LogP contribution < -0.4 is 9.64 Å². The predicted octanol–water partition coefficient (Wildman–Crippen LogP) is 3.98. The van der Waals surface area contributed by atoms with Crippen LogP contribution in [-0.2, 0) is 0 Å². The third-order valence-electron chi connectivity index (χ3n) is 4.23. The molecule has 6 nitrogen and oxygen atoms in total. The van der Waals surface area contributed by atoms with Gasteiger partial charge in [-0.1, -0.05) is 12.1 Å². The highest BCUT2D eigenvalue weighted by molar-refractivity contribution is 6.34. The van der Waals surface area contributed by atoms with Gasteiger partial charge in [0.05, 0.1) is 22.4 Å². The molecule has 1 N–H and O–H groups in total. The maximum atomic E-state index is 12.5. The van der Waals surface area contributed by atoms with Gasteiger partial charge in [-0.05, 0) is 60.7 Å². The second-order valence-electron chi connectivity index (χ2n) is 5.92. The molecule has 3 aromatic rings. The summed E-state index contributed by atoms with van der Waals surface area (Å²) in [5, 5.41) is 8.91. The molecule has 132 valence electrons. The molecule has 0 atom stereocenters. The summed E-state index contributed by atoms with van der Waals surface area (Å²) in [4.78, 5) is 37.0. The lowest BCUT2D eigenvalue weighted by Crippen LogP contribution is -2.29. The van der Waals surface area contributed by atoms with E-state index in [9.17, 15) is 14.4 Å². The summed E-state index contributed by atoms with van der Waals surface area (Å²) < 4.78 is 5.66. The Morgan fingerprint density at radius 1 is 0.741 bits per heavy atom. The molecule has 0 fully saturated rings. The molecule has 1 aliphatic rings. The molecule has 0 aromatic heterocycles. The third-order valence-corrected chi connectivity index (χ3v) is 4.23. The Bertz CT molecular complexity index is 1020. The molecule has 27 heavy (non-hydrogen) atoms. The number of hydrogen-bond donors (Lipinski definition) is 1. The first-order chi connectivity index (χ1) is 13.0. The van der Waals surface area contributed by atoms with Crippen LogP contribution in [-0.4, -0.2) is 22.9 Å². The van der Waals surface area contributed by atoms with Crippen LogP contribution in [0.4, 0.5) is 5.69 Å². The number of anilines is 1. The lowest BCUT2D eigenvalue weighted by Gasteiger charge is -2.14. The lowest BCUT2D eigenvalue weighted by atomic mass is 10.1. The average molecular weight is 359 g/mol. The molecule has 0 aliphatic carbocycles. The number of carbonyl (C=O) groups excluding carboxylic acids is 2. The van der Waals surface area contributed by atoms with Gasteiger partial charge in [0.2, 0.25) is 0 Å². The number of carboxylic acid groups (broad SMARTS) is 1. The number of rotatable bonds is 4. The number of carbonyl (C=O) groups is 3. The van der Waals surface area contributed by atoms with Gasteiger partial charge < -0.3 is 9.84 Å². The highest BCUT2D eigenvalue weighted by atomic mass is 16.5. The van der Waals surface area contributed by atoms with E-state index in [0.29, 0.717) is 28.3 Å². The Morgan fingerprint density at radius 3 is 1.70 bits per heavy atom. The summed E-state index contributed by atoms with van der Waals surface area (Å²) in [7, 11) is 0. The second-order valence-corrected chi connectivity index (χ2v) is 5.92. The topological polar surface area (TPSA) is 83.9 Å². The summed E-state index contributed by atoms with van der Waals surface area (Å²) in [6, 6.07) is 19.3. The Kier molecular flexibility index (Phi) is 3.93. The molecule has 0 saturated heterocycles. The maximum Gasteiger partial charge on any atom is 0.335 e. The minimum Gasteiger partial charge on any atom is -0.478 e. The zero-order valence-corrected chi connectivity index (χ0v) is 14.0. The van der Waals surface area contributed by atoms with Crippen LogP contribution >= 0.6 is 0 Å². The second kappa shape index (κ2) is 6.42. The number of hydrogen-bond acceptors (Lipinski definition) is 4. The molecule has 0 saturated carbocycles. The van der Waals surface area contributed by atoms with Gasteiger partial charge in [0.15, 0.2) is 0 Å². The third kappa shape index (κ3) is 2.93. The summed E-state index contributed by atoms with van der Waals surface area (Å²) in [5.74, 6) is -0.735. The first-order valence-corrected chi connectivity index (χ1v) is 8.14. The minimum absolute atomic E-state index is 0.170. The number of carboxylic acids is 1. The Hall–Kier alpha value is -3.93. The van der Waals surface area contributed by atoms with Crippen molar-refractivity contribution < 1.29 is 24.2 Å². The number of ether oxygens (including phenoxy) is 1. The molecular weight excluding hydrogens is 346 g/mol. The normalized spacial score (nSPS) is 12.8. The standard InChI is InChI=1S/C21H13NO5/c23-19-17-3-1-2-4-18(17)20(24)22(19)14-7-11-16(12-8-14)27-15-9-5-13(6-10-15)21(25)26/h1-12H,(H,25,26). The molecular formula is C21H13NO5. The van der Waals surface area contributed by atoms with Crippen molar-refractivity contribution in [2.24, 2.45) is 0 Å². The Balaban J connectivity index is 1.54. The molecule has 4 rings (SSSR count). The van der Waals surface area contributed by atoms with E-state index in [1.54, 1.807) is 60.7 Å². The van der Waals surface area contributed by atoms with Crippen molar-refractivity contribution in [3.05, 3.63) is 89.5 Å². The van der Waals surface area contributed by atoms with Gasteiger partial charge in [-0.15, -0.1) is 0 Å². The van der Waals surface area contributed by atoms with Crippen LogP contribution in [0.15, 0.2) is 72.8 Å². The number of aromatic carboxylic acids is 1. The first kappa shape index (κ1) is 16.5. The van der Waals surface area contributed by atoms with E-state index in [4.69, 9.17) is 9.84 Å². The van der Waals surface area contributed by atoms with Gasteiger partial charge in [-0.2, -0.15) is 0 Å². The van der Waals surface area contributed by atoms with Crippen molar-refractivity contribution in [3.8, 4) is 11.5 Å². The van der Waals surface area contributed by atoms with Gasteiger partial charge >= 0.3 is 5.97 Å². The number of amides is 2. The van der Waals surface area contributed by atoms with Crippen LogP contribution in [0.25, 0.3) is 0 Å². The minimum atomic E-state index is -1.01. The van der Waals surface area contributed by atoms with E-state index in [0.717, 1.165) is 4.90 Å². The van der Waals surface area contributed by atoms with E-state index in [2.05, 4.69) is 0 Å². The number of benzene rings is 3. The summed E-state index contributed by atoms with van der Waals surface area (Å²) in [5.41, 5.74) is 1.40. The monoisotopic (exact) mass is 359 g/mol. The molecule has 1 aliphatic heterocycles. The maximum absolute atomic E-state index is 12.5. The molecule has 1 heterocycles. The Labute approximate surface area is 154 Å². The van der Waals surface area contributed by atoms with Crippen molar-refractivity contribution in [3.63, 3.8) is 0 Å². The van der Waals surface area contributed by atoms with Crippen molar-refractivity contribution in [1.29, 1.82) is 0 Å². The molecule has 6 heteroatoms. The Morgan fingerprint density at radius 2 is 1.22 bits per heavy atom. The highest BCUT2D eigenvalue weighted by Gasteiger charge is 2.36. The van der Waals surface area contributed by atoms with Gasteiger partial charge in [0.25, 0.3) is 11.8 Å². The van der Waals surface area contributed by atoms with Crippen LogP contribution in [0.3, 0.4) is 0 Å². The molecule has 0 bridgehead atoms. The first-order valence-electron chi connectivity index (χ1n) is 8.14. The average Bonchev–Trinajstić information content (AvgIpc) is 2.94. The number of fused-ring (bicyclic) bond motifs is 1. The van der Waals surface area contributed by atoms with Crippen molar-refractivity contribution in [1.82, 2.24) is 0 Å². The van der Waals surface area contributed by atoms with Crippen LogP contribution in [0.5, 0.6) is 11.5 Å². The van der Waals surface area contributed by atoms with Crippen molar-refractivity contribution in [2.45, 2.75) is 0 Å². The van der Waals surface area contributed by atoms with Crippen molar-refractivity contribution in [2.75, 3.05) is 4.90 Å². The number of nitrogens with zero attached hydrogens (tertiary/aromatic N) is 1. The van der Waals surface area contributed by atoms with Crippen LogP contribution in [0, 0.1) is 0 Å². The SMILES string of the molecule is O=C(O)c1ccc(Oc2ccc(N3C(=O)c4ccccc4C3=O)cc2)cc1. The zero-order valence-electron chi connectivity index (χ0n) is 14.0. The van der Waals surface area contributed by atoms with Gasteiger partial charge in [0.1, 0.15) is 11.5 Å². The van der Waals surface area contributed by atoms with Crippen molar-refractivity contribution >= 4 is 23.5 Å². The molecule has 0 radical (unpaired) electrons. The van der Waals surface area contributed by atoms with E-state index in [1.807, 2.05) is 0 Å². The van der Waals surface area contributed by atoms with Crippen LogP contribution in [0.2, 0.25) is 0 Å². The van der Waals surface area contributed by atoms with E-state index in [-0.39, 0.29) is 17.4 Å². The predicted molar refractivity (Wildman–Crippen MR) is 97.5 cm³/mol. The molecule has 0 spiro atoms. The largest absolute Gasteiger partial charge is 0.478 e. The van der Waals surface area contributed by atoms with Gasteiger partial charge in [0, 0.05) is 0 Å². The smallest absolute Gasteiger partial charge is 0.335 e. The van der Waals surface area contributed by atoms with E-state index >= 15 is 0 Å². The fourth-order valence-electron chi connectivity index (χ4n) is 2.89. The van der Waals surface area contributed by atoms with Gasteiger partial charge in [-0.3, -0.25) is 9.59 Å². The molecule has 3 aromatic carbocycles. The highest BCUT2D eigenvalue weighted by Crippen LogP contribution is 2.30.